The second-order valence-corrected chi connectivity index (χ2v) is 2.93. The zero-order chi connectivity index (χ0) is 10.3. The van der Waals surface area contributed by atoms with E-state index in [4.69, 9.17) is 20.7 Å². The highest BCUT2D eigenvalue weighted by Gasteiger charge is 2.55. The molecular formula is C7H5N5O2. The predicted octanol–water partition coefficient (Wildman–Crippen LogP) is -1.83. The second kappa shape index (κ2) is 2.59. The van der Waals surface area contributed by atoms with Gasteiger partial charge >= 0.3 is 0 Å². The molecule has 2 N–H and O–H groups in total. The van der Waals surface area contributed by atoms with Crippen molar-refractivity contribution in [1.82, 2.24) is 4.90 Å². The standard InChI is InChI=1S/C7H5N5O2/c8-1-4-5(2-9)11-6(10-4)12-3-7(12,13)14/h6,13-14H,3H2. The fourth-order valence-electron chi connectivity index (χ4n) is 1.14. The quantitative estimate of drug-likeness (QED) is 0.373. The van der Waals surface area contributed by atoms with Gasteiger partial charge in [0.05, 0.1) is 6.54 Å². The lowest BCUT2D eigenvalue weighted by Crippen LogP contribution is -2.23. The summed E-state index contributed by atoms with van der Waals surface area (Å²) >= 11 is 0. The van der Waals surface area contributed by atoms with Crippen LogP contribution in [0.25, 0.3) is 0 Å². The summed E-state index contributed by atoms with van der Waals surface area (Å²) in [5.41, 5.74) is -0.139. The molecule has 0 aromatic carbocycles. The average Bonchev–Trinajstić information content (AvgIpc) is 2.65. The SMILES string of the molecule is N#CC1=NC(N2CC2(O)O)N=C1C#N. The van der Waals surface area contributed by atoms with Crippen LogP contribution in [-0.2, 0) is 0 Å². The van der Waals surface area contributed by atoms with Gasteiger partial charge < -0.3 is 10.2 Å². The smallest absolute Gasteiger partial charge is 0.242 e. The maximum absolute atomic E-state index is 9.05. The van der Waals surface area contributed by atoms with E-state index in [1.54, 1.807) is 12.1 Å². The number of aliphatic hydroxyl groups is 2. The van der Waals surface area contributed by atoms with Crippen molar-refractivity contribution in [1.29, 1.82) is 10.5 Å². The van der Waals surface area contributed by atoms with E-state index in [0.717, 1.165) is 4.90 Å². The highest BCUT2D eigenvalue weighted by molar-refractivity contribution is 6.54. The van der Waals surface area contributed by atoms with Gasteiger partial charge in [-0.25, -0.2) is 14.9 Å². The number of aliphatic imine (C=N–C) groups is 2. The number of rotatable bonds is 1. The van der Waals surface area contributed by atoms with Crippen molar-refractivity contribution in [3.63, 3.8) is 0 Å². The number of hydrogen-bond donors (Lipinski definition) is 2. The lowest BCUT2D eigenvalue weighted by atomic mass is 10.3. The van der Waals surface area contributed by atoms with Crippen LogP contribution in [0.2, 0.25) is 0 Å². The monoisotopic (exact) mass is 191 g/mol. The zero-order valence-corrected chi connectivity index (χ0v) is 6.91. The van der Waals surface area contributed by atoms with Gasteiger partial charge in [0.2, 0.25) is 12.2 Å². The summed E-state index contributed by atoms with van der Waals surface area (Å²) in [5, 5.41) is 35.2. The summed E-state index contributed by atoms with van der Waals surface area (Å²) in [6.45, 7) is 0.0160. The number of nitrogens with zero attached hydrogens (tertiary/aromatic N) is 5. The number of hydrogen-bond acceptors (Lipinski definition) is 7. The minimum Gasteiger partial charge on any atom is -0.352 e. The van der Waals surface area contributed by atoms with E-state index < -0.39 is 12.2 Å². The van der Waals surface area contributed by atoms with Crippen LogP contribution in [0.4, 0.5) is 0 Å². The largest absolute Gasteiger partial charge is 0.352 e. The molecule has 2 heterocycles. The maximum Gasteiger partial charge on any atom is 0.242 e. The molecule has 1 atom stereocenters. The Morgan fingerprint density at radius 2 is 1.71 bits per heavy atom. The highest BCUT2D eigenvalue weighted by atomic mass is 16.6. The van der Waals surface area contributed by atoms with Gasteiger partial charge in [0.25, 0.3) is 0 Å². The minimum absolute atomic E-state index is 0.0160. The molecule has 0 saturated carbocycles. The molecule has 0 radical (unpaired) electrons. The Hall–Kier alpha value is -1.80. The fourth-order valence-corrected chi connectivity index (χ4v) is 1.14. The lowest BCUT2D eigenvalue weighted by Gasteiger charge is -2.06. The molecule has 0 aliphatic carbocycles. The summed E-state index contributed by atoms with van der Waals surface area (Å²) in [7, 11) is 0. The van der Waals surface area contributed by atoms with E-state index in [-0.39, 0.29) is 18.0 Å². The van der Waals surface area contributed by atoms with Crippen LogP contribution in [-0.4, -0.2) is 45.3 Å². The highest BCUT2D eigenvalue weighted by Crippen LogP contribution is 2.31. The summed E-state index contributed by atoms with van der Waals surface area (Å²) in [6, 6.07) is 3.42. The predicted molar refractivity (Wildman–Crippen MR) is 43.8 cm³/mol. The molecule has 0 spiro atoms. The molecule has 14 heavy (non-hydrogen) atoms. The van der Waals surface area contributed by atoms with Crippen LogP contribution in [0, 0.1) is 22.7 Å². The number of β-amino-alcohol motifs (C(OH)–C–C–N with tert-alkyl or cyclic N) is 2. The molecule has 1 unspecified atom stereocenters. The van der Waals surface area contributed by atoms with Crippen LogP contribution in [0.5, 0.6) is 0 Å². The van der Waals surface area contributed by atoms with Gasteiger partial charge in [-0.3, -0.25) is 0 Å². The zero-order valence-electron chi connectivity index (χ0n) is 6.91. The molecule has 1 fully saturated rings. The van der Waals surface area contributed by atoms with E-state index in [0.29, 0.717) is 0 Å². The van der Waals surface area contributed by atoms with Crippen LogP contribution >= 0.6 is 0 Å². The first-order chi connectivity index (χ1) is 6.58. The minimum atomic E-state index is -1.90. The van der Waals surface area contributed by atoms with Gasteiger partial charge in [-0.15, -0.1) is 0 Å². The normalized spacial score (nSPS) is 28.7. The Morgan fingerprint density at radius 1 is 1.29 bits per heavy atom. The Kier molecular flexibility index (Phi) is 1.63. The van der Waals surface area contributed by atoms with Crippen molar-refractivity contribution >= 4 is 11.4 Å². The van der Waals surface area contributed by atoms with E-state index >= 15 is 0 Å². The number of nitriles is 2. The molecule has 2 rings (SSSR count). The van der Waals surface area contributed by atoms with Gasteiger partial charge in [-0.2, -0.15) is 10.5 Å². The first-order valence-corrected chi connectivity index (χ1v) is 3.76. The van der Waals surface area contributed by atoms with Crippen LogP contribution in [0.1, 0.15) is 0 Å². The summed E-state index contributed by atoms with van der Waals surface area (Å²) in [5.74, 6) is -1.90. The maximum atomic E-state index is 9.05. The van der Waals surface area contributed by atoms with Crippen LogP contribution < -0.4 is 0 Å². The van der Waals surface area contributed by atoms with Gasteiger partial charge in [0.15, 0.2) is 11.4 Å². The molecule has 1 saturated heterocycles. The third-order valence-electron chi connectivity index (χ3n) is 1.94. The Balaban J connectivity index is 2.22. The molecule has 7 heteroatoms. The van der Waals surface area contributed by atoms with E-state index in [2.05, 4.69) is 9.98 Å². The topological polar surface area (TPSA) is 116 Å². The molecule has 0 aromatic rings. The van der Waals surface area contributed by atoms with Crippen molar-refractivity contribution in [2.75, 3.05) is 6.54 Å². The van der Waals surface area contributed by atoms with E-state index in [1.807, 2.05) is 0 Å². The molecule has 0 amide bonds. The van der Waals surface area contributed by atoms with Gasteiger partial charge in [0, 0.05) is 0 Å². The molecule has 0 aromatic heterocycles. The van der Waals surface area contributed by atoms with Crippen molar-refractivity contribution in [2.45, 2.75) is 12.2 Å². The molecule has 70 valence electrons. The van der Waals surface area contributed by atoms with E-state index in [1.165, 1.54) is 0 Å². The van der Waals surface area contributed by atoms with Crippen LogP contribution in [0.15, 0.2) is 9.98 Å². The molecule has 0 bridgehead atoms. The van der Waals surface area contributed by atoms with Crippen molar-refractivity contribution in [2.24, 2.45) is 9.98 Å². The fraction of sp³-hybridized carbons (Fsp3) is 0.429. The van der Waals surface area contributed by atoms with E-state index in [9.17, 15) is 0 Å². The van der Waals surface area contributed by atoms with Gasteiger partial charge in [-0.1, -0.05) is 0 Å². The molecule has 2 aliphatic heterocycles. The Morgan fingerprint density at radius 3 is 2.00 bits per heavy atom. The first-order valence-electron chi connectivity index (χ1n) is 3.76. The first kappa shape index (κ1) is 8.78. The second-order valence-electron chi connectivity index (χ2n) is 2.93. The third kappa shape index (κ3) is 1.17. The van der Waals surface area contributed by atoms with Crippen molar-refractivity contribution in [3.8, 4) is 12.1 Å². The summed E-state index contributed by atoms with van der Waals surface area (Å²) < 4.78 is 0. The average molecular weight is 191 g/mol. The molecule has 7 nitrogen and oxygen atoms in total. The lowest BCUT2D eigenvalue weighted by molar-refractivity contribution is -0.117. The summed E-state index contributed by atoms with van der Waals surface area (Å²) in [6.07, 6.45) is -0.853. The van der Waals surface area contributed by atoms with Gasteiger partial charge in [-0.05, 0) is 0 Å². The summed E-state index contributed by atoms with van der Waals surface area (Å²) in [4.78, 5) is 8.65. The van der Waals surface area contributed by atoms with Crippen molar-refractivity contribution < 1.29 is 10.2 Å². The molecular weight excluding hydrogens is 186 g/mol. The van der Waals surface area contributed by atoms with Gasteiger partial charge in [0.1, 0.15) is 12.1 Å². The third-order valence-corrected chi connectivity index (χ3v) is 1.94. The Bertz CT molecular complexity index is 394. The Labute approximate surface area is 78.8 Å². The van der Waals surface area contributed by atoms with Crippen LogP contribution in [0.3, 0.4) is 0 Å². The van der Waals surface area contributed by atoms with Crippen molar-refractivity contribution in [3.05, 3.63) is 0 Å². The molecule has 2 aliphatic rings.